The molecule has 3 aromatic rings. The van der Waals surface area contributed by atoms with Gasteiger partial charge in [0.25, 0.3) is 5.91 Å². The first-order chi connectivity index (χ1) is 13.6. The lowest BCUT2D eigenvalue weighted by atomic mass is 10.1. The average Bonchev–Trinajstić information content (AvgIpc) is 2.72. The van der Waals surface area contributed by atoms with E-state index in [-0.39, 0.29) is 18.0 Å². The molecular formula is C22H21N3O3. The number of carbonyl (C=O) groups excluding carboxylic acids is 2. The molecule has 0 fully saturated rings. The summed E-state index contributed by atoms with van der Waals surface area (Å²) in [4.78, 5) is 23.5. The number of nitrogens with one attached hydrogen (secondary N) is 2. The zero-order chi connectivity index (χ0) is 19.8. The third-order valence-electron chi connectivity index (χ3n) is 4.02. The molecular weight excluding hydrogens is 354 g/mol. The van der Waals surface area contributed by atoms with Crippen LogP contribution in [0.4, 0.5) is 11.4 Å². The van der Waals surface area contributed by atoms with E-state index in [4.69, 9.17) is 10.5 Å². The second kappa shape index (κ2) is 9.23. The van der Waals surface area contributed by atoms with E-state index < -0.39 is 5.91 Å². The van der Waals surface area contributed by atoms with E-state index in [0.717, 1.165) is 17.0 Å². The molecule has 0 radical (unpaired) electrons. The Labute approximate surface area is 163 Å². The highest BCUT2D eigenvalue weighted by Crippen LogP contribution is 2.17. The lowest BCUT2D eigenvalue weighted by molar-refractivity contribution is -0.114. The highest BCUT2D eigenvalue weighted by Gasteiger charge is 2.10. The zero-order valence-electron chi connectivity index (χ0n) is 15.2. The van der Waals surface area contributed by atoms with Gasteiger partial charge in [0.2, 0.25) is 5.91 Å². The van der Waals surface area contributed by atoms with E-state index in [1.54, 1.807) is 24.3 Å². The predicted molar refractivity (Wildman–Crippen MR) is 109 cm³/mol. The Kier molecular flexibility index (Phi) is 6.25. The molecule has 4 N–H and O–H groups in total. The van der Waals surface area contributed by atoms with Crippen LogP contribution in [0.2, 0.25) is 0 Å². The predicted octanol–water partition coefficient (Wildman–Crippen LogP) is 3.42. The molecule has 0 aliphatic rings. The van der Waals surface area contributed by atoms with Crippen LogP contribution in [0.15, 0.2) is 78.9 Å². The molecule has 0 saturated heterocycles. The van der Waals surface area contributed by atoms with Crippen LogP contribution in [0, 0.1) is 0 Å². The van der Waals surface area contributed by atoms with Gasteiger partial charge >= 0.3 is 0 Å². The van der Waals surface area contributed by atoms with Crippen LogP contribution >= 0.6 is 0 Å². The second-order valence-corrected chi connectivity index (χ2v) is 6.11. The molecule has 0 bridgehead atoms. The normalized spacial score (nSPS) is 10.1. The topological polar surface area (TPSA) is 93.5 Å². The van der Waals surface area contributed by atoms with Gasteiger partial charge < -0.3 is 21.1 Å². The van der Waals surface area contributed by atoms with Crippen LogP contribution in [0.1, 0.15) is 15.9 Å². The summed E-state index contributed by atoms with van der Waals surface area (Å²) < 4.78 is 5.74. The number of hydrogen-bond acceptors (Lipinski definition) is 4. The van der Waals surface area contributed by atoms with Gasteiger partial charge in [-0.3, -0.25) is 9.59 Å². The number of hydrogen-bond donors (Lipinski definition) is 3. The number of rotatable bonds is 8. The number of anilines is 2. The maximum atomic E-state index is 12.1. The summed E-state index contributed by atoms with van der Waals surface area (Å²) in [7, 11) is 0. The molecule has 0 aliphatic heterocycles. The van der Waals surface area contributed by atoms with Crippen molar-refractivity contribution in [3.63, 3.8) is 0 Å². The van der Waals surface area contributed by atoms with Crippen LogP contribution < -0.4 is 21.1 Å². The van der Waals surface area contributed by atoms with E-state index in [1.165, 1.54) is 0 Å². The number of nitrogens with two attached hydrogens (primary N) is 1. The highest BCUT2D eigenvalue weighted by atomic mass is 16.5. The van der Waals surface area contributed by atoms with Crippen molar-refractivity contribution in [3.8, 4) is 5.75 Å². The first kappa shape index (κ1) is 19.0. The Hall–Kier alpha value is -3.80. The third kappa shape index (κ3) is 5.35. The summed E-state index contributed by atoms with van der Waals surface area (Å²) in [6, 6.07) is 23.9. The van der Waals surface area contributed by atoms with Crippen molar-refractivity contribution < 1.29 is 14.3 Å². The van der Waals surface area contributed by atoms with Crippen molar-refractivity contribution >= 4 is 23.2 Å². The first-order valence-corrected chi connectivity index (χ1v) is 8.81. The molecule has 0 aromatic heterocycles. The smallest absolute Gasteiger partial charge is 0.250 e. The van der Waals surface area contributed by atoms with Gasteiger partial charge in [0, 0.05) is 5.69 Å². The SMILES string of the molecule is NC(=O)c1ccccc1NC(=O)CNc1ccc(OCc2ccccc2)cc1. The Bertz CT molecular complexity index is 941. The number of ether oxygens (including phenoxy) is 1. The fourth-order valence-electron chi connectivity index (χ4n) is 2.59. The average molecular weight is 375 g/mol. The first-order valence-electron chi connectivity index (χ1n) is 8.81. The minimum Gasteiger partial charge on any atom is -0.489 e. The second-order valence-electron chi connectivity index (χ2n) is 6.11. The van der Waals surface area contributed by atoms with Crippen LogP contribution in [0.5, 0.6) is 5.75 Å². The van der Waals surface area contributed by atoms with Gasteiger partial charge in [0.15, 0.2) is 0 Å². The molecule has 0 unspecified atom stereocenters. The molecule has 3 rings (SSSR count). The summed E-state index contributed by atoms with van der Waals surface area (Å²) in [5, 5.41) is 5.72. The molecule has 2 amide bonds. The molecule has 6 heteroatoms. The molecule has 3 aromatic carbocycles. The van der Waals surface area contributed by atoms with Gasteiger partial charge in [-0.05, 0) is 42.0 Å². The Morgan fingerprint density at radius 3 is 2.25 bits per heavy atom. The third-order valence-corrected chi connectivity index (χ3v) is 4.02. The van der Waals surface area contributed by atoms with Gasteiger partial charge in [-0.1, -0.05) is 42.5 Å². The van der Waals surface area contributed by atoms with E-state index in [9.17, 15) is 9.59 Å². The number of carbonyl (C=O) groups is 2. The molecule has 28 heavy (non-hydrogen) atoms. The van der Waals surface area contributed by atoms with Crippen LogP contribution in [0.3, 0.4) is 0 Å². The summed E-state index contributed by atoms with van der Waals surface area (Å²) in [6.45, 7) is 0.548. The Morgan fingerprint density at radius 1 is 0.857 bits per heavy atom. The fourth-order valence-corrected chi connectivity index (χ4v) is 2.59. The van der Waals surface area contributed by atoms with Crippen molar-refractivity contribution in [2.24, 2.45) is 5.73 Å². The number of primary amides is 1. The van der Waals surface area contributed by atoms with Gasteiger partial charge in [0.05, 0.1) is 17.8 Å². The zero-order valence-corrected chi connectivity index (χ0v) is 15.2. The van der Waals surface area contributed by atoms with Crippen LogP contribution in [-0.4, -0.2) is 18.4 Å². The van der Waals surface area contributed by atoms with Crippen molar-refractivity contribution in [1.29, 1.82) is 0 Å². The van der Waals surface area contributed by atoms with Gasteiger partial charge in [-0.2, -0.15) is 0 Å². The highest BCUT2D eigenvalue weighted by molar-refractivity contribution is 6.03. The molecule has 0 atom stereocenters. The maximum Gasteiger partial charge on any atom is 0.250 e. The summed E-state index contributed by atoms with van der Waals surface area (Å²) in [5.74, 6) is -0.123. The molecule has 6 nitrogen and oxygen atoms in total. The van der Waals surface area contributed by atoms with Gasteiger partial charge in [-0.25, -0.2) is 0 Å². The summed E-state index contributed by atoms with van der Waals surface area (Å²) >= 11 is 0. The summed E-state index contributed by atoms with van der Waals surface area (Å²) in [6.07, 6.45) is 0. The van der Waals surface area contributed by atoms with Crippen molar-refractivity contribution in [2.75, 3.05) is 17.2 Å². The quantitative estimate of drug-likeness (QED) is 0.562. The van der Waals surface area contributed by atoms with Crippen molar-refractivity contribution in [2.45, 2.75) is 6.61 Å². The monoisotopic (exact) mass is 375 g/mol. The lowest BCUT2D eigenvalue weighted by Gasteiger charge is -2.11. The molecule has 0 heterocycles. The van der Waals surface area contributed by atoms with E-state index >= 15 is 0 Å². The van der Waals surface area contributed by atoms with E-state index in [0.29, 0.717) is 12.3 Å². The maximum absolute atomic E-state index is 12.1. The minimum atomic E-state index is -0.588. The van der Waals surface area contributed by atoms with E-state index in [2.05, 4.69) is 10.6 Å². The van der Waals surface area contributed by atoms with Crippen molar-refractivity contribution in [3.05, 3.63) is 90.0 Å². The van der Waals surface area contributed by atoms with Crippen molar-refractivity contribution in [1.82, 2.24) is 0 Å². The largest absolute Gasteiger partial charge is 0.489 e. The fraction of sp³-hybridized carbons (Fsp3) is 0.0909. The number of amides is 2. The number of benzene rings is 3. The molecule has 0 saturated carbocycles. The molecule has 142 valence electrons. The van der Waals surface area contributed by atoms with Crippen LogP contribution in [-0.2, 0) is 11.4 Å². The summed E-state index contributed by atoms with van der Waals surface area (Å²) in [5.41, 5.74) is 7.86. The number of para-hydroxylation sites is 1. The Balaban J connectivity index is 1.49. The standard InChI is InChI=1S/C22H21N3O3/c23-22(27)19-8-4-5-9-20(19)25-21(26)14-24-17-10-12-18(13-11-17)28-15-16-6-2-1-3-7-16/h1-13,24H,14-15H2,(H2,23,27)(H,25,26). The molecule has 0 spiro atoms. The van der Waals surface area contributed by atoms with E-state index in [1.807, 2.05) is 54.6 Å². The Morgan fingerprint density at radius 2 is 1.54 bits per heavy atom. The molecule has 0 aliphatic carbocycles. The van der Waals surface area contributed by atoms with Crippen LogP contribution in [0.25, 0.3) is 0 Å². The van der Waals surface area contributed by atoms with Gasteiger partial charge in [-0.15, -0.1) is 0 Å². The van der Waals surface area contributed by atoms with Gasteiger partial charge in [0.1, 0.15) is 12.4 Å². The lowest BCUT2D eigenvalue weighted by Crippen LogP contribution is -2.24. The minimum absolute atomic E-state index is 0.0529.